The second-order valence-electron chi connectivity index (χ2n) is 5.41. The van der Waals surface area contributed by atoms with Gasteiger partial charge in [-0.2, -0.15) is 5.10 Å². The van der Waals surface area contributed by atoms with E-state index >= 15 is 0 Å². The maximum Gasteiger partial charge on any atom is 0.357 e. The van der Waals surface area contributed by atoms with Gasteiger partial charge in [0.05, 0.1) is 16.4 Å². The fourth-order valence-corrected chi connectivity index (χ4v) is 2.77. The van der Waals surface area contributed by atoms with Crippen LogP contribution in [0.1, 0.15) is 17.4 Å². The standard InChI is InChI=1S/C12H21IN2O3Si/c1-5-18-12(16)11-10(13)8-14-15(11)9-17-6-7-19(2,3)4/h8H,5-7,9H2,1-4H3. The highest BCUT2D eigenvalue weighted by molar-refractivity contribution is 14.1. The molecule has 0 radical (unpaired) electrons. The van der Waals surface area contributed by atoms with Gasteiger partial charge in [0.25, 0.3) is 0 Å². The molecule has 1 rings (SSSR count). The van der Waals surface area contributed by atoms with Gasteiger partial charge in [-0.05, 0) is 35.6 Å². The summed E-state index contributed by atoms with van der Waals surface area (Å²) in [4.78, 5) is 11.8. The van der Waals surface area contributed by atoms with Crippen LogP contribution in [0.3, 0.4) is 0 Å². The summed E-state index contributed by atoms with van der Waals surface area (Å²) in [5, 5.41) is 4.15. The van der Waals surface area contributed by atoms with Gasteiger partial charge >= 0.3 is 5.97 Å². The van der Waals surface area contributed by atoms with E-state index in [4.69, 9.17) is 9.47 Å². The zero-order valence-electron chi connectivity index (χ0n) is 11.9. The molecule has 0 aliphatic heterocycles. The average Bonchev–Trinajstić information content (AvgIpc) is 2.65. The Hall–Kier alpha value is -0.413. The Morgan fingerprint density at radius 2 is 2.16 bits per heavy atom. The van der Waals surface area contributed by atoms with Crippen LogP contribution < -0.4 is 0 Å². The average molecular weight is 396 g/mol. The highest BCUT2D eigenvalue weighted by Crippen LogP contribution is 2.14. The lowest BCUT2D eigenvalue weighted by Gasteiger charge is -2.15. The maximum absolute atomic E-state index is 11.8. The van der Waals surface area contributed by atoms with Gasteiger partial charge < -0.3 is 9.47 Å². The van der Waals surface area contributed by atoms with Crippen LogP contribution in [-0.2, 0) is 16.2 Å². The number of ether oxygens (including phenoxy) is 2. The SMILES string of the molecule is CCOC(=O)c1c(I)cnn1COCC[Si](C)(C)C. The van der Waals surface area contributed by atoms with E-state index in [0.717, 1.165) is 9.61 Å². The maximum atomic E-state index is 11.8. The molecule has 19 heavy (non-hydrogen) atoms. The van der Waals surface area contributed by atoms with E-state index in [1.165, 1.54) is 0 Å². The minimum atomic E-state index is -1.09. The molecule has 0 unspecified atom stereocenters. The number of hydrogen-bond donors (Lipinski definition) is 0. The van der Waals surface area contributed by atoms with Crippen LogP contribution in [0.4, 0.5) is 0 Å². The van der Waals surface area contributed by atoms with E-state index < -0.39 is 8.07 Å². The van der Waals surface area contributed by atoms with Gasteiger partial charge in [-0.15, -0.1) is 0 Å². The molecule has 1 aromatic heterocycles. The number of halogens is 1. The van der Waals surface area contributed by atoms with Gasteiger partial charge in [0, 0.05) is 14.7 Å². The van der Waals surface area contributed by atoms with Crippen LogP contribution in [-0.4, -0.2) is 37.0 Å². The van der Waals surface area contributed by atoms with Gasteiger partial charge in [-0.3, -0.25) is 0 Å². The van der Waals surface area contributed by atoms with E-state index in [9.17, 15) is 4.79 Å². The molecule has 5 nitrogen and oxygen atoms in total. The summed E-state index contributed by atoms with van der Waals surface area (Å²) in [5.41, 5.74) is 0.468. The first-order valence-electron chi connectivity index (χ1n) is 6.31. The van der Waals surface area contributed by atoms with Gasteiger partial charge in [0.2, 0.25) is 0 Å². The first-order chi connectivity index (χ1) is 8.85. The third-order valence-electron chi connectivity index (χ3n) is 2.47. The molecular weight excluding hydrogens is 375 g/mol. The molecule has 0 atom stereocenters. The Morgan fingerprint density at radius 1 is 1.47 bits per heavy atom. The largest absolute Gasteiger partial charge is 0.461 e. The van der Waals surface area contributed by atoms with Crippen LogP contribution in [0.2, 0.25) is 25.7 Å². The molecule has 1 aromatic rings. The highest BCUT2D eigenvalue weighted by Gasteiger charge is 2.18. The summed E-state index contributed by atoms with van der Waals surface area (Å²) < 4.78 is 13.0. The molecule has 0 aliphatic carbocycles. The van der Waals surface area contributed by atoms with Crippen LogP contribution in [0.15, 0.2) is 6.20 Å². The summed E-state index contributed by atoms with van der Waals surface area (Å²) in [6.07, 6.45) is 1.65. The second-order valence-corrected chi connectivity index (χ2v) is 12.2. The molecule has 108 valence electrons. The number of aromatic nitrogens is 2. The Kier molecular flexibility index (Phi) is 6.47. The first kappa shape index (κ1) is 16.6. The van der Waals surface area contributed by atoms with Gasteiger partial charge in [0.15, 0.2) is 5.69 Å². The lowest BCUT2D eigenvalue weighted by atomic mass is 10.4. The number of carbonyl (C=O) groups excluding carboxylic acids is 1. The molecule has 0 saturated carbocycles. The van der Waals surface area contributed by atoms with E-state index in [2.05, 4.69) is 47.3 Å². The van der Waals surface area contributed by atoms with Crippen molar-refractivity contribution in [2.75, 3.05) is 13.2 Å². The molecule has 0 spiro atoms. The Labute approximate surface area is 128 Å². The summed E-state index contributed by atoms with van der Waals surface area (Å²) in [5.74, 6) is -0.349. The molecule has 0 amide bonds. The van der Waals surface area contributed by atoms with Crippen molar-refractivity contribution in [3.8, 4) is 0 Å². The van der Waals surface area contributed by atoms with E-state index in [-0.39, 0.29) is 5.97 Å². The number of esters is 1. The van der Waals surface area contributed by atoms with Crippen LogP contribution in [0.25, 0.3) is 0 Å². The number of carbonyl (C=O) groups is 1. The molecular formula is C12H21IN2O3Si. The van der Waals surface area contributed by atoms with Crippen molar-refractivity contribution in [1.82, 2.24) is 9.78 Å². The van der Waals surface area contributed by atoms with Crippen molar-refractivity contribution >= 4 is 36.6 Å². The van der Waals surface area contributed by atoms with Crippen molar-refractivity contribution in [2.45, 2.75) is 39.3 Å². The Bertz CT molecular complexity index is 429. The van der Waals surface area contributed by atoms with Crippen LogP contribution in [0.5, 0.6) is 0 Å². The van der Waals surface area contributed by atoms with E-state index in [0.29, 0.717) is 25.6 Å². The van der Waals surface area contributed by atoms with Crippen LogP contribution >= 0.6 is 22.6 Å². The number of hydrogen-bond acceptors (Lipinski definition) is 4. The lowest BCUT2D eigenvalue weighted by molar-refractivity contribution is 0.0453. The third kappa shape index (κ3) is 5.61. The topological polar surface area (TPSA) is 53.3 Å². The van der Waals surface area contributed by atoms with Crippen molar-refractivity contribution in [3.63, 3.8) is 0 Å². The van der Waals surface area contributed by atoms with Crippen LogP contribution in [0, 0.1) is 3.57 Å². The molecule has 7 heteroatoms. The smallest absolute Gasteiger partial charge is 0.357 e. The van der Waals surface area contributed by atoms with Gasteiger partial charge in [-0.1, -0.05) is 19.6 Å². The monoisotopic (exact) mass is 396 g/mol. The zero-order chi connectivity index (χ0) is 14.5. The minimum absolute atomic E-state index is 0.293. The van der Waals surface area contributed by atoms with Crippen molar-refractivity contribution in [2.24, 2.45) is 0 Å². The summed E-state index contributed by atoms with van der Waals surface area (Å²) in [6, 6.07) is 1.10. The minimum Gasteiger partial charge on any atom is -0.461 e. The molecule has 0 bridgehead atoms. The highest BCUT2D eigenvalue weighted by atomic mass is 127. The predicted octanol–water partition coefficient (Wildman–Crippen LogP) is 2.98. The fraction of sp³-hybridized carbons (Fsp3) is 0.667. The quantitative estimate of drug-likeness (QED) is 0.308. The Balaban J connectivity index is 2.57. The first-order valence-corrected chi connectivity index (χ1v) is 11.1. The number of nitrogens with zero attached hydrogens (tertiary/aromatic N) is 2. The van der Waals surface area contributed by atoms with E-state index in [1.807, 2.05) is 0 Å². The van der Waals surface area contributed by atoms with Crippen molar-refractivity contribution < 1.29 is 14.3 Å². The molecule has 0 aliphatic rings. The van der Waals surface area contributed by atoms with Crippen molar-refractivity contribution in [3.05, 3.63) is 15.5 Å². The van der Waals surface area contributed by atoms with E-state index in [1.54, 1.807) is 17.8 Å². The predicted molar refractivity (Wildman–Crippen MR) is 85.0 cm³/mol. The molecule has 0 N–H and O–H groups in total. The fourth-order valence-electron chi connectivity index (χ4n) is 1.39. The zero-order valence-corrected chi connectivity index (χ0v) is 15.1. The molecule has 0 saturated heterocycles. The van der Waals surface area contributed by atoms with Gasteiger partial charge in [0.1, 0.15) is 6.73 Å². The summed E-state index contributed by atoms with van der Waals surface area (Å²) in [7, 11) is -1.09. The molecule has 1 heterocycles. The summed E-state index contributed by atoms with van der Waals surface area (Å²) in [6.45, 7) is 10.0. The van der Waals surface area contributed by atoms with Crippen molar-refractivity contribution in [1.29, 1.82) is 0 Å². The number of rotatable bonds is 7. The molecule has 0 aromatic carbocycles. The molecule has 0 fully saturated rings. The second kappa shape index (κ2) is 7.39. The van der Waals surface area contributed by atoms with Gasteiger partial charge in [-0.25, -0.2) is 9.48 Å². The normalized spacial score (nSPS) is 11.6. The Morgan fingerprint density at radius 3 is 2.74 bits per heavy atom. The lowest BCUT2D eigenvalue weighted by Crippen LogP contribution is -2.22. The third-order valence-corrected chi connectivity index (χ3v) is 4.97. The summed E-state index contributed by atoms with van der Waals surface area (Å²) >= 11 is 2.08.